The number of nitrogens with one attached hydrogen (secondary N) is 1. The molecular formula is C18H14N4O2S. The molecule has 0 aliphatic heterocycles. The molecular weight excluding hydrogens is 336 g/mol. The summed E-state index contributed by atoms with van der Waals surface area (Å²) in [5.41, 5.74) is 3.72. The summed E-state index contributed by atoms with van der Waals surface area (Å²) in [6.07, 6.45) is 0. The van der Waals surface area contributed by atoms with Crippen molar-refractivity contribution in [2.24, 2.45) is 7.05 Å². The summed E-state index contributed by atoms with van der Waals surface area (Å²) in [4.78, 5) is 28.8. The molecule has 6 nitrogen and oxygen atoms in total. The van der Waals surface area contributed by atoms with E-state index in [1.54, 1.807) is 24.7 Å². The Kier molecular flexibility index (Phi) is 3.77. The number of hydrogen-bond acceptors (Lipinski definition) is 5. The van der Waals surface area contributed by atoms with Crippen molar-refractivity contribution in [2.75, 3.05) is 0 Å². The lowest BCUT2D eigenvalue weighted by Gasteiger charge is -2.09. The van der Waals surface area contributed by atoms with Crippen LogP contribution in [0.2, 0.25) is 0 Å². The first kappa shape index (κ1) is 15.5. The molecule has 0 aliphatic rings. The summed E-state index contributed by atoms with van der Waals surface area (Å²) in [7, 11) is 1.61. The highest BCUT2D eigenvalue weighted by atomic mass is 32.1. The quantitative estimate of drug-likeness (QED) is 0.616. The number of hydrogen-bond donors (Lipinski definition) is 1. The van der Waals surface area contributed by atoms with Gasteiger partial charge in [0.2, 0.25) is 0 Å². The first-order valence-electron chi connectivity index (χ1n) is 7.70. The maximum atomic E-state index is 12.4. The van der Waals surface area contributed by atoms with E-state index < -0.39 is 0 Å². The third kappa shape index (κ3) is 2.78. The second-order valence-electron chi connectivity index (χ2n) is 5.64. The molecule has 0 saturated carbocycles. The van der Waals surface area contributed by atoms with E-state index in [9.17, 15) is 9.59 Å². The van der Waals surface area contributed by atoms with Crippen LogP contribution in [0.4, 0.5) is 0 Å². The van der Waals surface area contributed by atoms with Gasteiger partial charge in [-0.2, -0.15) is 5.10 Å². The standard InChI is InChI=1S/C18H14N4O2S/c1-22-18(24)13-5-3-2-4-12(13)15(21-22)9-19-17(23)11-6-7-14-16(8-11)25-10-20-14/h2-8,10H,9H2,1H3,(H,19,23). The second kappa shape index (κ2) is 6.10. The Morgan fingerprint density at radius 2 is 2.00 bits per heavy atom. The highest BCUT2D eigenvalue weighted by molar-refractivity contribution is 7.16. The smallest absolute Gasteiger partial charge is 0.274 e. The van der Waals surface area contributed by atoms with Gasteiger partial charge in [-0.05, 0) is 24.3 Å². The van der Waals surface area contributed by atoms with Crippen molar-refractivity contribution in [2.45, 2.75) is 6.54 Å². The Hall–Kier alpha value is -3.06. The molecule has 0 fully saturated rings. The number of benzene rings is 2. The third-order valence-electron chi connectivity index (χ3n) is 4.04. The Morgan fingerprint density at radius 3 is 2.84 bits per heavy atom. The maximum Gasteiger partial charge on any atom is 0.274 e. The van der Waals surface area contributed by atoms with Gasteiger partial charge in [-0.15, -0.1) is 11.3 Å². The fourth-order valence-corrected chi connectivity index (χ4v) is 3.49. The van der Waals surface area contributed by atoms with Crippen LogP contribution in [-0.4, -0.2) is 20.7 Å². The molecule has 2 aromatic carbocycles. The summed E-state index contributed by atoms with van der Waals surface area (Å²) >= 11 is 1.50. The lowest BCUT2D eigenvalue weighted by Crippen LogP contribution is -2.27. The molecule has 0 saturated heterocycles. The van der Waals surface area contributed by atoms with E-state index in [1.807, 2.05) is 30.3 Å². The summed E-state index contributed by atoms with van der Waals surface area (Å²) in [5.74, 6) is -0.185. The van der Waals surface area contributed by atoms with Crippen LogP contribution in [0.15, 0.2) is 52.8 Å². The molecule has 0 unspecified atom stereocenters. The lowest BCUT2D eigenvalue weighted by molar-refractivity contribution is 0.0950. The zero-order chi connectivity index (χ0) is 17.4. The van der Waals surface area contributed by atoms with Gasteiger partial charge in [0, 0.05) is 18.0 Å². The minimum absolute atomic E-state index is 0.152. The van der Waals surface area contributed by atoms with Gasteiger partial charge in [0.25, 0.3) is 11.5 Å². The van der Waals surface area contributed by atoms with Gasteiger partial charge < -0.3 is 5.32 Å². The number of thiazole rings is 1. The Balaban J connectivity index is 1.62. The van der Waals surface area contributed by atoms with Gasteiger partial charge in [-0.25, -0.2) is 9.67 Å². The van der Waals surface area contributed by atoms with E-state index >= 15 is 0 Å². The molecule has 4 rings (SSSR count). The average Bonchev–Trinajstić information content (AvgIpc) is 3.11. The van der Waals surface area contributed by atoms with Crippen molar-refractivity contribution in [1.82, 2.24) is 20.1 Å². The molecule has 2 heterocycles. The molecule has 4 aromatic rings. The molecule has 0 spiro atoms. The molecule has 2 aromatic heterocycles. The van der Waals surface area contributed by atoms with Gasteiger partial charge >= 0.3 is 0 Å². The Labute approximate surface area is 146 Å². The van der Waals surface area contributed by atoms with E-state index in [0.717, 1.165) is 15.6 Å². The number of aryl methyl sites for hydroxylation is 1. The van der Waals surface area contributed by atoms with Crippen molar-refractivity contribution >= 4 is 38.2 Å². The third-order valence-corrected chi connectivity index (χ3v) is 4.83. The summed E-state index contributed by atoms with van der Waals surface area (Å²) in [6.45, 7) is 0.244. The van der Waals surface area contributed by atoms with Crippen molar-refractivity contribution in [3.05, 3.63) is 69.6 Å². The first-order chi connectivity index (χ1) is 12.1. The SMILES string of the molecule is Cn1nc(CNC(=O)c2ccc3ncsc3c2)c2ccccc2c1=O. The van der Waals surface area contributed by atoms with Crippen LogP contribution in [-0.2, 0) is 13.6 Å². The molecule has 0 radical (unpaired) electrons. The largest absolute Gasteiger partial charge is 0.346 e. The highest BCUT2D eigenvalue weighted by Gasteiger charge is 2.11. The normalized spacial score (nSPS) is 11.1. The molecule has 0 bridgehead atoms. The molecule has 25 heavy (non-hydrogen) atoms. The molecule has 1 N–H and O–H groups in total. The van der Waals surface area contributed by atoms with Crippen molar-refractivity contribution in [1.29, 1.82) is 0 Å². The number of amides is 1. The van der Waals surface area contributed by atoms with Crippen LogP contribution in [0.5, 0.6) is 0 Å². The number of aromatic nitrogens is 3. The first-order valence-corrected chi connectivity index (χ1v) is 8.58. The van der Waals surface area contributed by atoms with Crippen molar-refractivity contribution in [3.63, 3.8) is 0 Å². The number of rotatable bonds is 3. The zero-order valence-corrected chi connectivity index (χ0v) is 14.2. The fourth-order valence-electron chi connectivity index (χ4n) is 2.77. The minimum atomic E-state index is -0.185. The van der Waals surface area contributed by atoms with Gasteiger partial charge in [0.15, 0.2) is 0 Å². The van der Waals surface area contributed by atoms with E-state index in [4.69, 9.17) is 0 Å². The Morgan fingerprint density at radius 1 is 1.20 bits per heavy atom. The molecule has 0 atom stereocenters. The van der Waals surface area contributed by atoms with E-state index in [0.29, 0.717) is 16.6 Å². The molecule has 0 aliphatic carbocycles. The summed E-state index contributed by atoms with van der Waals surface area (Å²) in [6, 6.07) is 12.7. The molecule has 1 amide bonds. The van der Waals surface area contributed by atoms with Crippen molar-refractivity contribution < 1.29 is 4.79 Å². The van der Waals surface area contributed by atoms with Crippen LogP contribution in [0.25, 0.3) is 21.0 Å². The summed E-state index contributed by atoms with van der Waals surface area (Å²) in [5, 5.41) is 8.51. The fraction of sp³-hybridized carbons (Fsp3) is 0.111. The predicted octanol–water partition coefficient (Wildman–Crippen LogP) is 2.47. The van der Waals surface area contributed by atoms with E-state index in [-0.39, 0.29) is 18.0 Å². The maximum absolute atomic E-state index is 12.4. The predicted molar refractivity (Wildman–Crippen MR) is 97.8 cm³/mol. The summed E-state index contributed by atoms with van der Waals surface area (Å²) < 4.78 is 2.27. The monoisotopic (exact) mass is 350 g/mol. The van der Waals surface area contributed by atoms with E-state index in [1.165, 1.54) is 16.0 Å². The Bertz CT molecular complexity index is 1160. The van der Waals surface area contributed by atoms with Crippen LogP contribution >= 0.6 is 11.3 Å². The second-order valence-corrected chi connectivity index (χ2v) is 6.52. The molecule has 7 heteroatoms. The van der Waals surface area contributed by atoms with E-state index in [2.05, 4.69) is 15.4 Å². The number of carbonyl (C=O) groups excluding carboxylic acids is 1. The zero-order valence-electron chi connectivity index (χ0n) is 13.4. The molecule has 124 valence electrons. The van der Waals surface area contributed by atoms with Crippen LogP contribution in [0.3, 0.4) is 0 Å². The van der Waals surface area contributed by atoms with Crippen LogP contribution in [0, 0.1) is 0 Å². The average molecular weight is 350 g/mol. The van der Waals surface area contributed by atoms with Gasteiger partial charge in [0.1, 0.15) is 0 Å². The number of nitrogens with zero attached hydrogens (tertiary/aromatic N) is 3. The van der Waals surface area contributed by atoms with Gasteiger partial charge in [0.05, 0.1) is 33.4 Å². The van der Waals surface area contributed by atoms with Crippen LogP contribution in [0.1, 0.15) is 16.1 Å². The number of fused-ring (bicyclic) bond motifs is 2. The van der Waals surface area contributed by atoms with Crippen LogP contribution < -0.4 is 10.9 Å². The van der Waals surface area contributed by atoms with Gasteiger partial charge in [-0.1, -0.05) is 18.2 Å². The number of carbonyl (C=O) groups is 1. The van der Waals surface area contributed by atoms with Gasteiger partial charge in [-0.3, -0.25) is 9.59 Å². The minimum Gasteiger partial charge on any atom is -0.346 e. The topological polar surface area (TPSA) is 76.9 Å². The lowest BCUT2D eigenvalue weighted by atomic mass is 10.1. The van der Waals surface area contributed by atoms with Crippen molar-refractivity contribution in [3.8, 4) is 0 Å². The highest BCUT2D eigenvalue weighted by Crippen LogP contribution is 2.19.